The van der Waals surface area contributed by atoms with Crippen LogP contribution in [0, 0.1) is 18.7 Å². The minimum Gasteiger partial charge on any atom is -0.366 e. The zero-order valence-corrected chi connectivity index (χ0v) is 26.9. The summed E-state index contributed by atoms with van der Waals surface area (Å²) in [5.41, 5.74) is -0.480. The average Bonchev–Trinajstić information content (AvgIpc) is 3.37. The van der Waals surface area contributed by atoms with Crippen LogP contribution in [-0.2, 0) is 25.4 Å². The second kappa shape index (κ2) is 12.5. The number of nitrogens with zero attached hydrogens (tertiary/aromatic N) is 7. The van der Waals surface area contributed by atoms with Gasteiger partial charge in [0.05, 0.1) is 23.0 Å². The van der Waals surface area contributed by atoms with Crippen molar-refractivity contribution in [3.63, 3.8) is 0 Å². The van der Waals surface area contributed by atoms with Crippen molar-refractivity contribution in [2.24, 2.45) is 5.92 Å². The number of piperazine rings is 2. The molecule has 5 heterocycles. The molecule has 0 saturated carbocycles. The van der Waals surface area contributed by atoms with Gasteiger partial charge in [-0.25, -0.2) is 9.37 Å². The topological polar surface area (TPSA) is 101 Å². The van der Waals surface area contributed by atoms with Gasteiger partial charge in [-0.15, -0.1) is 0 Å². The Morgan fingerprint density at radius 1 is 1.06 bits per heavy atom. The Morgan fingerprint density at radius 2 is 1.81 bits per heavy atom. The van der Waals surface area contributed by atoms with Gasteiger partial charge in [0.2, 0.25) is 23.6 Å². The summed E-state index contributed by atoms with van der Waals surface area (Å²) in [5, 5.41) is 0. The Morgan fingerprint density at radius 3 is 2.52 bits per heavy atom. The quantitative estimate of drug-likeness (QED) is 0.356. The van der Waals surface area contributed by atoms with Crippen LogP contribution in [0.15, 0.2) is 43.0 Å². The van der Waals surface area contributed by atoms with Crippen molar-refractivity contribution in [2.75, 3.05) is 67.6 Å². The SMILES string of the molecule is C=CC(=O)N1C[C@H]2CN(CCN3C[C@H]4CC(=O)N(c5cc(C(F)(F)F)cc(C)n5)[C@@H]4C(=O)N(C)c4cccc(F)c43)CCN2C(=O)[C@@H]1C. The number of hydrogen-bond acceptors (Lipinski definition) is 7. The number of aromatic nitrogens is 1. The molecule has 0 radical (unpaired) electrons. The number of pyridine rings is 1. The lowest BCUT2D eigenvalue weighted by Gasteiger charge is -2.49. The fraction of sp³-hybridized carbons (Fsp3) is 0.485. The number of carbonyl (C=O) groups is 4. The van der Waals surface area contributed by atoms with Gasteiger partial charge in [-0.3, -0.25) is 29.0 Å². The summed E-state index contributed by atoms with van der Waals surface area (Å²) in [6, 6.07) is 4.04. The number of halogens is 4. The molecule has 3 fully saturated rings. The maximum absolute atomic E-state index is 15.6. The van der Waals surface area contributed by atoms with E-state index in [0.29, 0.717) is 39.3 Å². The van der Waals surface area contributed by atoms with E-state index >= 15 is 4.39 Å². The molecule has 0 unspecified atom stereocenters. The van der Waals surface area contributed by atoms with Crippen LogP contribution >= 0.6 is 0 Å². The van der Waals surface area contributed by atoms with Crippen LogP contribution in [0.3, 0.4) is 0 Å². The molecule has 256 valence electrons. The summed E-state index contributed by atoms with van der Waals surface area (Å²) in [7, 11) is 1.46. The van der Waals surface area contributed by atoms with E-state index in [4.69, 9.17) is 0 Å². The minimum atomic E-state index is -4.69. The average molecular weight is 672 g/mol. The molecule has 48 heavy (non-hydrogen) atoms. The van der Waals surface area contributed by atoms with Crippen LogP contribution in [0.2, 0.25) is 0 Å². The van der Waals surface area contributed by atoms with E-state index in [9.17, 15) is 32.3 Å². The first kappa shape index (κ1) is 33.4. The zero-order valence-electron chi connectivity index (χ0n) is 26.9. The van der Waals surface area contributed by atoms with Crippen LogP contribution in [0.5, 0.6) is 0 Å². The first-order valence-corrected chi connectivity index (χ1v) is 15.8. The third kappa shape index (κ3) is 5.88. The zero-order chi connectivity index (χ0) is 34.7. The van der Waals surface area contributed by atoms with Gasteiger partial charge in [-0.05, 0) is 44.2 Å². The van der Waals surface area contributed by atoms with E-state index in [-0.39, 0.29) is 53.7 Å². The molecular weight excluding hydrogens is 634 g/mol. The van der Waals surface area contributed by atoms with Gasteiger partial charge in [0.1, 0.15) is 23.7 Å². The monoisotopic (exact) mass is 671 g/mol. The molecular formula is C33H37F4N7O4. The van der Waals surface area contributed by atoms with E-state index in [2.05, 4.69) is 16.5 Å². The fourth-order valence-electron chi connectivity index (χ4n) is 7.46. The van der Waals surface area contributed by atoms with Crippen molar-refractivity contribution in [3.8, 4) is 0 Å². The normalized spacial score (nSPS) is 25.1. The number of rotatable bonds is 5. The third-order valence-corrected chi connectivity index (χ3v) is 9.85. The van der Waals surface area contributed by atoms with Crippen LogP contribution in [0.25, 0.3) is 0 Å². The van der Waals surface area contributed by atoms with Crippen LogP contribution in [-0.4, -0.2) is 114 Å². The van der Waals surface area contributed by atoms with E-state index in [0.717, 1.165) is 17.0 Å². The summed E-state index contributed by atoms with van der Waals surface area (Å²) in [5.74, 6) is -3.03. The molecule has 1 aromatic heterocycles. The number of aryl methyl sites for hydroxylation is 1. The van der Waals surface area contributed by atoms with E-state index in [1.807, 2.05) is 0 Å². The highest BCUT2D eigenvalue weighted by Gasteiger charge is 2.50. The number of hydrogen-bond donors (Lipinski definition) is 0. The smallest absolute Gasteiger partial charge is 0.366 e. The second-order valence-electron chi connectivity index (χ2n) is 12.8. The third-order valence-electron chi connectivity index (χ3n) is 9.85. The standard InChI is InChI=1S/C33H37F4N7O4/c1-5-27(45)43-18-23-17-40(10-12-42(23)31(47)20(43)3)9-11-41-16-21-14-28(46)44(26-15-22(33(35,36)37)13-19(2)38-26)29(21)32(48)39(4)25-8-6-7-24(34)30(25)41/h5-8,13,15,20-21,23,29H,1,9-12,14,16-18H2,2-4H3/t20-,21+,23+,29-/m0/s1. The number of fused-ring (bicyclic) bond motifs is 3. The van der Waals surface area contributed by atoms with Crippen molar-refractivity contribution in [3.05, 3.63) is 60.1 Å². The Hall–Kier alpha value is -4.53. The molecule has 6 rings (SSSR count). The van der Waals surface area contributed by atoms with Crippen LogP contribution in [0.1, 0.15) is 24.6 Å². The Kier molecular flexibility index (Phi) is 8.68. The first-order chi connectivity index (χ1) is 22.7. The van der Waals surface area contributed by atoms with Crippen LogP contribution in [0.4, 0.5) is 34.8 Å². The largest absolute Gasteiger partial charge is 0.416 e. The Bertz CT molecular complexity index is 1670. The van der Waals surface area contributed by atoms with Gasteiger partial charge in [-0.1, -0.05) is 12.6 Å². The highest BCUT2D eigenvalue weighted by molar-refractivity contribution is 6.10. The number of likely N-dealkylation sites (N-methyl/N-ethyl adjacent to an activating group) is 1. The van der Waals surface area contributed by atoms with Gasteiger partial charge in [0.15, 0.2) is 0 Å². The molecule has 1 aromatic carbocycles. The van der Waals surface area contributed by atoms with Crippen molar-refractivity contribution in [1.29, 1.82) is 0 Å². The van der Waals surface area contributed by atoms with E-state index < -0.39 is 47.4 Å². The molecule has 0 N–H and O–H groups in total. The second-order valence-corrected chi connectivity index (χ2v) is 12.8. The van der Waals surface area contributed by atoms with Crippen molar-refractivity contribution in [1.82, 2.24) is 19.7 Å². The maximum Gasteiger partial charge on any atom is 0.416 e. The summed E-state index contributed by atoms with van der Waals surface area (Å²) in [4.78, 5) is 66.8. The van der Waals surface area contributed by atoms with E-state index in [1.54, 1.807) is 22.8 Å². The predicted molar refractivity (Wildman–Crippen MR) is 169 cm³/mol. The molecule has 4 amide bonds. The summed E-state index contributed by atoms with van der Waals surface area (Å²) < 4.78 is 56.8. The molecule has 4 aliphatic rings. The van der Waals surface area contributed by atoms with Gasteiger partial charge in [-0.2, -0.15) is 13.2 Å². The predicted octanol–water partition coefficient (Wildman–Crippen LogP) is 2.68. The molecule has 0 spiro atoms. The number of para-hydroxylation sites is 1. The van der Waals surface area contributed by atoms with Gasteiger partial charge >= 0.3 is 6.18 Å². The number of anilines is 3. The number of amides is 4. The molecule has 0 bridgehead atoms. The molecule has 4 atom stereocenters. The minimum absolute atomic E-state index is 0.0444. The molecule has 2 aromatic rings. The lowest BCUT2D eigenvalue weighted by atomic mass is 9.95. The number of benzene rings is 1. The van der Waals surface area contributed by atoms with Crippen LogP contribution < -0.4 is 14.7 Å². The number of alkyl halides is 3. The molecule has 4 aliphatic heterocycles. The van der Waals surface area contributed by atoms with Crippen molar-refractivity contribution < 1.29 is 36.7 Å². The lowest BCUT2D eigenvalue weighted by Crippen LogP contribution is -2.68. The number of carbonyl (C=O) groups excluding carboxylic acids is 4. The van der Waals surface area contributed by atoms with Gasteiger partial charge in [0.25, 0.3) is 0 Å². The maximum atomic E-state index is 15.6. The van der Waals surface area contributed by atoms with Crippen molar-refractivity contribution in [2.45, 2.75) is 44.6 Å². The van der Waals surface area contributed by atoms with Crippen molar-refractivity contribution >= 4 is 40.8 Å². The molecule has 15 heteroatoms. The lowest BCUT2D eigenvalue weighted by molar-refractivity contribution is -0.155. The summed E-state index contributed by atoms with van der Waals surface area (Å²) in [6.07, 6.45) is -3.63. The summed E-state index contributed by atoms with van der Waals surface area (Å²) in [6.45, 7) is 9.32. The van der Waals surface area contributed by atoms with Gasteiger partial charge < -0.3 is 19.6 Å². The fourth-order valence-corrected chi connectivity index (χ4v) is 7.46. The highest BCUT2D eigenvalue weighted by atomic mass is 19.4. The molecule has 0 aliphatic carbocycles. The molecule has 3 saturated heterocycles. The highest BCUT2D eigenvalue weighted by Crippen LogP contribution is 2.41. The summed E-state index contributed by atoms with van der Waals surface area (Å²) >= 11 is 0. The first-order valence-electron chi connectivity index (χ1n) is 15.8. The Labute approximate surface area is 275 Å². The Balaban J connectivity index is 1.28. The van der Waals surface area contributed by atoms with Gasteiger partial charge in [0, 0.05) is 70.9 Å². The van der Waals surface area contributed by atoms with E-state index in [1.165, 1.54) is 42.0 Å². The molecule has 11 nitrogen and oxygen atoms in total.